The average molecular weight is 1140 g/mol. The van der Waals surface area contributed by atoms with Crippen molar-refractivity contribution >= 4 is 11.9 Å². The van der Waals surface area contributed by atoms with Crippen LogP contribution in [0.3, 0.4) is 0 Å². The molecule has 5 heteroatoms. The number of hydrogen-bond donors (Lipinski definition) is 1. The van der Waals surface area contributed by atoms with Crippen LogP contribution in [0.15, 0.2) is 109 Å². The van der Waals surface area contributed by atoms with Crippen LogP contribution in [0, 0.1) is 0 Å². The normalized spacial score (nSPS) is 12.9. The molecule has 472 valence electrons. The van der Waals surface area contributed by atoms with Crippen LogP contribution in [0.4, 0.5) is 0 Å². The van der Waals surface area contributed by atoms with Gasteiger partial charge >= 0.3 is 11.9 Å². The molecule has 1 unspecified atom stereocenters. The molecule has 0 aromatic carbocycles. The van der Waals surface area contributed by atoms with E-state index in [1.165, 1.54) is 205 Å². The van der Waals surface area contributed by atoms with Crippen molar-refractivity contribution in [1.82, 2.24) is 0 Å². The first-order valence-corrected chi connectivity index (χ1v) is 35.4. The average Bonchev–Trinajstić information content (AvgIpc) is 3.49. The highest BCUT2D eigenvalue weighted by Gasteiger charge is 2.16. The first-order chi connectivity index (χ1) is 40.6. The third kappa shape index (κ3) is 69.1. The Hall–Kier alpha value is -3.44. The highest BCUT2D eigenvalue weighted by molar-refractivity contribution is 5.70. The number of aliphatic hydroxyl groups is 1. The highest BCUT2D eigenvalue weighted by Crippen LogP contribution is 2.18. The zero-order chi connectivity index (χ0) is 59.1. The van der Waals surface area contributed by atoms with Gasteiger partial charge < -0.3 is 14.6 Å². The van der Waals surface area contributed by atoms with E-state index >= 15 is 0 Å². The summed E-state index contributed by atoms with van der Waals surface area (Å²) in [5.74, 6) is -0.605. The molecule has 0 saturated carbocycles. The quantitative estimate of drug-likeness (QED) is 0.0373. The third-order valence-electron chi connectivity index (χ3n) is 15.6. The molecule has 0 amide bonds. The van der Waals surface area contributed by atoms with E-state index in [0.29, 0.717) is 12.8 Å². The first-order valence-electron chi connectivity index (χ1n) is 35.4. The number of allylic oxidation sites excluding steroid dienone is 18. The lowest BCUT2D eigenvalue weighted by Gasteiger charge is -2.15. The molecule has 0 aromatic heterocycles. The summed E-state index contributed by atoms with van der Waals surface area (Å²) in [6.45, 7) is 4.05. The molecule has 0 saturated heterocycles. The second-order valence-electron chi connectivity index (χ2n) is 23.6. The van der Waals surface area contributed by atoms with Crippen LogP contribution in [-0.4, -0.2) is 36.4 Å². The van der Waals surface area contributed by atoms with E-state index in [2.05, 4.69) is 123 Å². The monoisotopic (exact) mass is 1140 g/mol. The van der Waals surface area contributed by atoms with Crippen LogP contribution < -0.4 is 0 Å². The van der Waals surface area contributed by atoms with Gasteiger partial charge in [-0.25, -0.2) is 0 Å². The predicted octanol–water partition coefficient (Wildman–Crippen LogP) is 24.8. The number of carbonyl (C=O) groups is 2. The summed E-state index contributed by atoms with van der Waals surface area (Å²) in [7, 11) is 0. The summed E-state index contributed by atoms with van der Waals surface area (Å²) in [5, 5.41) is 9.70. The molecule has 0 aliphatic rings. The standard InChI is InChI=1S/C77H134O5/c1-3-5-7-9-11-13-15-17-19-21-23-25-27-29-31-33-35-37-38-40-41-43-45-47-49-51-53-55-57-59-61-63-65-67-69-71-76(79)81-74-75(73-78)82-77(80)72-70-68-66-64-62-60-58-56-54-52-50-48-46-44-42-39-36-34-32-30-28-26-24-22-20-18-16-14-12-10-8-6-4-2/h6,8,12,14,18,20,24,26,30,32,36,39,44,46,50,52,56,58,75,78H,3-5,7,9-11,13,15-17,19,21-23,25,27-29,31,33-35,37-38,40-43,45,47-49,51,53-55,57,59-74H2,1-2H3/b8-6-,14-12-,20-18-,26-24-,32-30-,39-36-,46-44-,52-50-,58-56-. The van der Waals surface area contributed by atoms with Gasteiger partial charge in [-0.1, -0.05) is 361 Å². The number of unbranched alkanes of at least 4 members (excludes halogenated alkanes) is 39. The van der Waals surface area contributed by atoms with E-state index in [0.717, 1.165) is 116 Å². The second-order valence-corrected chi connectivity index (χ2v) is 23.6. The van der Waals surface area contributed by atoms with Crippen LogP contribution in [0.2, 0.25) is 0 Å². The Bertz CT molecular complexity index is 1570. The maximum absolute atomic E-state index is 12.4. The van der Waals surface area contributed by atoms with Crippen LogP contribution in [0.25, 0.3) is 0 Å². The van der Waals surface area contributed by atoms with Crippen molar-refractivity contribution in [3.8, 4) is 0 Å². The second kappa shape index (κ2) is 71.8. The molecule has 0 rings (SSSR count). The molecule has 0 aromatic rings. The number of ether oxygens (including phenoxy) is 2. The van der Waals surface area contributed by atoms with E-state index in [1.54, 1.807) is 0 Å². The summed E-state index contributed by atoms with van der Waals surface area (Å²) in [4.78, 5) is 24.6. The Morgan fingerprint density at radius 2 is 0.524 bits per heavy atom. The van der Waals surface area contributed by atoms with E-state index in [9.17, 15) is 14.7 Å². The summed E-state index contributed by atoms with van der Waals surface area (Å²) < 4.78 is 10.7. The number of carbonyl (C=O) groups excluding carboxylic acids is 2. The number of esters is 2. The number of rotatable bonds is 65. The van der Waals surface area contributed by atoms with Crippen LogP contribution >= 0.6 is 0 Å². The summed E-state index contributed by atoms with van der Waals surface area (Å²) in [6.07, 6.45) is 104. The van der Waals surface area contributed by atoms with Gasteiger partial charge in [-0.05, 0) is 83.5 Å². The van der Waals surface area contributed by atoms with E-state index < -0.39 is 6.10 Å². The van der Waals surface area contributed by atoms with E-state index in [-0.39, 0.29) is 25.2 Å². The van der Waals surface area contributed by atoms with Crippen LogP contribution in [-0.2, 0) is 19.1 Å². The van der Waals surface area contributed by atoms with Crippen molar-refractivity contribution in [1.29, 1.82) is 0 Å². The SMILES string of the molecule is CC/C=C\C/C=C\C/C=C\C/C=C\C/C=C\C/C=C\C/C=C\C/C=C\C/C=C\CCCCCCCC(=O)OC(CO)COC(=O)CCCCCCCCCCCCCCCCCCCCCCCCCCCCCCCCCCCCC. The largest absolute Gasteiger partial charge is 0.462 e. The van der Waals surface area contributed by atoms with Gasteiger partial charge in [0, 0.05) is 12.8 Å². The van der Waals surface area contributed by atoms with Gasteiger partial charge in [0.05, 0.1) is 6.61 Å². The lowest BCUT2D eigenvalue weighted by molar-refractivity contribution is -0.161. The van der Waals surface area contributed by atoms with Gasteiger partial charge in [0.1, 0.15) is 6.61 Å². The molecular formula is C77H134O5. The fraction of sp³-hybridized carbons (Fsp3) is 0.740. The van der Waals surface area contributed by atoms with Crippen molar-refractivity contribution in [3.05, 3.63) is 109 Å². The predicted molar refractivity (Wildman–Crippen MR) is 362 cm³/mol. The molecule has 0 heterocycles. The van der Waals surface area contributed by atoms with Gasteiger partial charge in [-0.2, -0.15) is 0 Å². The molecule has 0 radical (unpaired) electrons. The molecule has 5 nitrogen and oxygen atoms in total. The van der Waals surface area contributed by atoms with E-state index in [1.807, 2.05) is 0 Å². The fourth-order valence-electron chi connectivity index (χ4n) is 10.3. The minimum Gasteiger partial charge on any atom is -0.462 e. The number of aliphatic hydroxyl groups excluding tert-OH is 1. The Balaban J connectivity index is 3.50. The molecule has 0 aliphatic carbocycles. The van der Waals surface area contributed by atoms with Crippen molar-refractivity contribution in [2.75, 3.05) is 13.2 Å². The molecule has 0 aliphatic heterocycles. The Morgan fingerprint density at radius 3 is 0.793 bits per heavy atom. The molecular weight excluding hydrogens is 1000 g/mol. The molecule has 0 bridgehead atoms. The minimum atomic E-state index is -0.790. The Kier molecular flexibility index (Phi) is 68.8. The molecule has 1 N–H and O–H groups in total. The van der Waals surface area contributed by atoms with Crippen molar-refractivity contribution in [2.24, 2.45) is 0 Å². The lowest BCUT2D eigenvalue weighted by atomic mass is 10.0. The van der Waals surface area contributed by atoms with Crippen molar-refractivity contribution in [3.63, 3.8) is 0 Å². The topological polar surface area (TPSA) is 72.8 Å². The van der Waals surface area contributed by atoms with Crippen molar-refractivity contribution in [2.45, 2.75) is 354 Å². The van der Waals surface area contributed by atoms with Gasteiger partial charge in [-0.3, -0.25) is 9.59 Å². The fourth-order valence-corrected chi connectivity index (χ4v) is 10.3. The smallest absolute Gasteiger partial charge is 0.306 e. The third-order valence-corrected chi connectivity index (χ3v) is 15.6. The van der Waals surface area contributed by atoms with E-state index in [4.69, 9.17) is 9.47 Å². The molecule has 82 heavy (non-hydrogen) atoms. The summed E-state index contributed by atoms with van der Waals surface area (Å²) in [6, 6.07) is 0. The van der Waals surface area contributed by atoms with Crippen LogP contribution in [0.5, 0.6) is 0 Å². The first kappa shape index (κ1) is 78.6. The van der Waals surface area contributed by atoms with Gasteiger partial charge in [0.2, 0.25) is 0 Å². The lowest BCUT2D eigenvalue weighted by Crippen LogP contribution is -2.28. The maximum atomic E-state index is 12.4. The van der Waals surface area contributed by atoms with Crippen LogP contribution in [0.1, 0.15) is 348 Å². The molecule has 1 atom stereocenters. The van der Waals surface area contributed by atoms with Gasteiger partial charge in [-0.15, -0.1) is 0 Å². The molecule has 0 spiro atoms. The number of hydrogen-bond acceptors (Lipinski definition) is 5. The maximum Gasteiger partial charge on any atom is 0.306 e. The zero-order valence-corrected chi connectivity index (χ0v) is 54.2. The van der Waals surface area contributed by atoms with Gasteiger partial charge in [0.25, 0.3) is 0 Å². The minimum absolute atomic E-state index is 0.0765. The summed E-state index contributed by atoms with van der Waals surface area (Å²) in [5.41, 5.74) is 0. The Morgan fingerprint density at radius 1 is 0.293 bits per heavy atom. The highest BCUT2D eigenvalue weighted by atomic mass is 16.6. The van der Waals surface area contributed by atoms with Crippen molar-refractivity contribution < 1.29 is 24.2 Å². The molecule has 0 fully saturated rings. The zero-order valence-electron chi connectivity index (χ0n) is 54.2. The Labute approximate surface area is 510 Å². The van der Waals surface area contributed by atoms with Gasteiger partial charge in [0.15, 0.2) is 6.10 Å². The summed E-state index contributed by atoms with van der Waals surface area (Å²) >= 11 is 0.